The van der Waals surface area contributed by atoms with Gasteiger partial charge in [-0.15, -0.1) is 0 Å². The first kappa shape index (κ1) is 34.2. The number of hydrogen-bond acceptors (Lipinski definition) is 0. The van der Waals surface area contributed by atoms with Gasteiger partial charge >= 0.3 is 0 Å². The molecule has 0 aromatic carbocycles. The molecule has 5 unspecified atom stereocenters. The fraction of sp³-hybridized carbons (Fsp3) is 1.00. The molecule has 0 fully saturated rings. The zero-order chi connectivity index (χ0) is 24.8. The zero-order valence-corrected chi connectivity index (χ0v) is 24.8. The summed E-state index contributed by atoms with van der Waals surface area (Å²) >= 11 is 0. The lowest BCUT2D eigenvalue weighted by Crippen LogP contribution is -2.12. The maximum atomic E-state index is 2.50. The number of unbranched alkanes of at least 4 members (excludes halogenated alkanes) is 6. The maximum absolute atomic E-state index is 2.50. The van der Waals surface area contributed by atoms with Crippen LogP contribution >= 0.6 is 0 Å². The molecule has 0 aliphatic heterocycles. The molecule has 0 aromatic heterocycles. The Bertz CT molecular complexity index is 340. The molecule has 0 saturated heterocycles. The summed E-state index contributed by atoms with van der Waals surface area (Å²) in [6, 6.07) is 0. The van der Waals surface area contributed by atoms with Gasteiger partial charge in [0.2, 0.25) is 0 Å². The largest absolute Gasteiger partial charge is 0.0654 e. The van der Waals surface area contributed by atoms with Gasteiger partial charge in [0.1, 0.15) is 0 Å². The summed E-state index contributed by atoms with van der Waals surface area (Å²) in [6.07, 6.45) is 22.7. The van der Waals surface area contributed by atoms with Crippen molar-refractivity contribution in [1.82, 2.24) is 0 Å². The highest BCUT2D eigenvalue weighted by atomic mass is 14.2. The van der Waals surface area contributed by atoms with Crippen LogP contribution in [0.1, 0.15) is 172 Å². The van der Waals surface area contributed by atoms with Crippen LogP contribution in [-0.2, 0) is 0 Å². The predicted octanol–water partition coefficient (Wildman–Crippen LogP) is 12.1. The monoisotopic (exact) mass is 453 g/mol. The molecular formula is C32H68. The third kappa shape index (κ3) is 24.6. The van der Waals surface area contributed by atoms with E-state index in [2.05, 4.69) is 69.2 Å². The van der Waals surface area contributed by atoms with Gasteiger partial charge in [-0.2, -0.15) is 0 Å². The molecule has 5 atom stereocenters. The van der Waals surface area contributed by atoms with Crippen molar-refractivity contribution in [2.75, 3.05) is 0 Å². The summed E-state index contributed by atoms with van der Waals surface area (Å²) < 4.78 is 0. The molecule has 0 heteroatoms. The Hall–Kier alpha value is 0. The van der Waals surface area contributed by atoms with Gasteiger partial charge < -0.3 is 0 Å². The van der Waals surface area contributed by atoms with Gasteiger partial charge in [0.05, 0.1) is 0 Å². The summed E-state index contributed by atoms with van der Waals surface area (Å²) in [7, 11) is 0. The van der Waals surface area contributed by atoms with E-state index in [9.17, 15) is 0 Å². The SMILES string of the molecule is CCCCCC.CCCCCCC(C)CC(C)C(C)CCCC(C)CCC(C)CC(C)C. The Morgan fingerprint density at radius 2 is 0.844 bits per heavy atom. The van der Waals surface area contributed by atoms with E-state index in [0.29, 0.717) is 0 Å². The smallest absolute Gasteiger partial charge is 0.0414 e. The van der Waals surface area contributed by atoms with Gasteiger partial charge in [0.15, 0.2) is 0 Å². The normalized spacial score (nSPS) is 16.2. The Balaban J connectivity index is 0. The Kier molecular flexibility index (Phi) is 25.8. The van der Waals surface area contributed by atoms with Crippen molar-refractivity contribution >= 4 is 0 Å². The number of rotatable bonds is 20. The maximum Gasteiger partial charge on any atom is -0.0414 e. The highest BCUT2D eigenvalue weighted by Gasteiger charge is 2.16. The molecule has 32 heavy (non-hydrogen) atoms. The second-order valence-electron chi connectivity index (χ2n) is 12.2. The molecule has 0 spiro atoms. The fourth-order valence-corrected chi connectivity index (χ4v) is 5.11. The van der Waals surface area contributed by atoms with Gasteiger partial charge in [-0.25, -0.2) is 0 Å². The molecule has 0 bridgehead atoms. The van der Waals surface area contributed by atoms with Crippen LogP contribution < -0.4 is 0 Å². The lowest BCUT2D eigenvalue weighted by atomic mass is 9.82. The third-order valence-corrected chi connectivity index (χ3v) is 7.64. The first-order chi connectivity index (χ1) is 15.2. The second-order valence-corrected chi connectivity index (χ2v) is 12.2. The molecule has 0 amide bonds. The van der Waals surface area contributed by atoms with E-state index in [4.69, 9.17) is 0 Å². The van der Waals surface area contributed by atoms with E-state index < -0.39 is 0 Å². The molecule has 0 aliphatic carbocycles. The van der Waals surface area contributed by atoms with Gasteiger partial charge in [0, 0.05) is 0 Å². The highest BCUT2D eigenvalue weighted by molar-refractivity contribution is 4.68. The molecule has 0 radical (unpaired) electrons. The lowest BCUT2D eigenvalue weighted by molar-refractivity contribution is 0.275. The van der Waals surface area contributed by atoms with Gasteiger partial charge in [0.25, 0.3) is 0 Å². The van der Waals surface area contributed by atoms with E-state index in [-0.39, 0.29) is 0 Å². The van der Waals surface area contributed by atoms with Crippen molar-refractivity contribution in [2.45, 2.75) is 172 Å². The molecule has 0 rings (SSSR count). The van der Waals surface area contributed by atoms with Crippen LogP contribution in [-0.4, -0.2) is 0 Å². The van der Waals surface area contributed by atoms with E-state index in [1.54, 1.807) is 0 Å². The second kappa shape index (κ2) is 24.1. The topological polar surface area (TPSA) is 0 Å². The Morgan fingerprint density at radius 3 is 1.38 bits per heavy atom. The average molecular weight is 453 g/mol. The van der Waals surface area contributed by atoms with Gasteiger partial charge in [-0.05, 0) is 48.3 Å². The van der Waals surface area contributed by atoms with Crippen LogP contribution in [0, 0.1) is 35.5 Å². The molecule has 0 aliphatic rings. The Labute approximate surface area is 207 Å². The minimum Gasteiger partial charge on any atom is -0.0654 e. The molecule has 0 saturated carbocycles. The molecule has 0 N–H and O–H groups in total. The molecule has 0 nitrogen and oxygen atoms in total. The van der Waals surface area contributed by atoms with E-state index >= 15 is 0 Å². The Morgan fingerprint density at radius 1 is 0.375 bits per heavy atom. The third-order valence-electron chi connectivity index (χ3n) is 7.64. The fourth-order valence-electron chi connectivity index (χ4n) is 5.11. The van der Waals surface area contributed by atoms with Gasteiger partial charge in [-0.1, -0.05) is 159 Å². The average Bonchev–Trinajstić information content (AvgIpc) is 2.73. The van der Waals surface area contributed by atoms with Crippen molar-refractivity contribution in [1.29, 1.82) is 0 Å². The predicted molar refractivity (Wildman–Crippen MR) is 152 cm³/mol. The van der Waals surface area contributed by atoms with Crippen LogP contribution in [0.5, 0.6) is 0 Å². The quantitative estimate of drug-likeness (QED) is 0.161. The lowest BCUT2D eigenvalue weighted by Gasteiger charge is -2.24. The summed E-state index contributed by atoms with van der Waals surface area (Å²) in [5, 5.41) is 0. The van der Waals surface area contributed by atoms with E-state index in [0.717, 1.165) is 35.5 Å². The van der Waals surface area contributed by atoms with Crippen LogP contribution in [0.2, 0.25) is 0 Å². The van der Waals surface area contributed by atoms with Crippen LogP contribution in [0.25, 0.3) is 0 Å². The molecular weight excluding hydrogens is 384 g/mol. The number of hydrogen-bond donors (Lipinski definition) is 0. The standard InChI is InChI=1S/C26H54.C6H14/c1-9-10-11-12-14-23(5)20-26(8)25(7)16-13-15-22(4)17-18-24(6)19-21(2)3;1-3-5-6-4-2/h21-26H,9-20H2,1-8H3;3-6H2,1-2H3. The minimum atomic E-state index is 0.858. The van der Waals surface area contributed by atoms with Crippen molar-refractivity contribution < 1.29 is 0 Å². The first-order valence-corrected chi connectivity index (χ1v) is 15.2. The van der Waals surface area contributed by atoms with Gasteiger partial charge in [-0.3, -0.25) is 0 Å². The van der Waals surface area contributed by atoms with E-state index in [1.807, 2.05) is 0 Å². The summed E-state index contributed by atoms with van der Waals surface area (Å²) in [6.45, 7) is 23.9. The van der Waals surface area contributed by atoms with Crippen molar-refractivity contribution in [2.24, 2.45) is 35.5 Å². The summed E-state index contributed by atoms with van der Waals surface area (Å²) in [4.78, 5) is 0. The van der Waals surface area contributed by atoms with Crippen molar-refractivity contribution in [3.8, 4) is 0 Å². The summed E-state index contributed by atoms with van der Waals surface area (Å²) in [5.41, 5.74) is 0. The van der Waals surface area contributed by atoms with Crippen LogP contribution in [0.4, 0.5) is 0 Å². The molecule has 0 heterocycles. The minimum absolute atomic E-state index is 0.858. The van der Waals surface area contributed by atoms with Crippen LogP contribution in [0.15, 0.2) is 0 Å². The first-order valence-electron chi connectivity index (χ1n) is 15.2. The van der Waals surface area contributed by atoms with Crippen molar-refractivity contribution in [3.63, 3.8) is 0 Å². The van der Waals surface area contributed by atoms with E-state index in [1.165, 1.54) is 103 Å². The zero-order valence-electron chi connectivity index (χ0n) is 24.8. The highest BCUT2D eigenvalue weighted by Crippen LogP contribution is 2.28. The van der Waals surface area contributed by atoms with Crippen molar-refractivity contribution in [3.05, 3.63) is 0 Å². The molecule has 0 aromatic rings. The summed E-state index contributed by atoms with van der Waals surface area (Å²) in [5.74, 6) is 5.42. The van der Waals surface area contributed by atoms with Crippen LogP contribution in [0.3, 0.4) is 0 Å². The molecule has 196 valence electrons.